The molecule has 1 aromatic carbocycles. The third-order valence-electron chi connectivity index (χ3n) is 4.81. The minimum atomic E-state index is -0.251. The Hall–Kier alpha value is -1.74. The van der Waals surface area contributed by atoms with Gasteiger partial charge in [-0.3, -0.25) is 0 Å². The van der Waals surface area contributed by atoms with Gasteiger partial charge >= 0.3 is 0 Å². The van der Waals surface area contributed by atoms with Crippen molar-refractivity contribution in [2.45, 2.75) is 37.9 Å². The third-order valence-corrected chi connectivity index (χ3v) is 4.81. The number of benzene rings is 1. The lowest BCUT2D eigenvalue weighted by Crippen LogP contribution is -2.44. The summed E-state index contributed by atoms with van der Waals surface area (Å²) in [7, 11) is 1.68. The summed E-state index contributed by atoms with van der Waals surface area (Å²) in [5.41, 5.74) is 1.07. The highest BCUT2D eigenvalue weighted by molar-refractivity contribution is 5.54. The van der Waals surface area contributed by atoms with Gasteiger partial charge in [0.15, 0.2) is 11.5 Å². The Balaban J connectivity index is 2.16. The van der Waals surface area contributed by atoms with Gasteiger partial charge in [-0.2, -0.15) is 0 Å². The fourth-order valence-electron chi connectivity index (χ4n) is 3.79. The molecule has 3 heteroatoms. The molecule has 0 radical (unpaired) electrons. The maximum atomic E-state index is 6.10. The van der Waals surface area contributed by atoms with Crippen molar-refractivity contribution in [2.24, 2.45) is 5.92 Å². The summed E-state index contributed by atoms with van der Waals surface area (Å²) in [6, 6.07) is 6.12. The number of hydrogen-bond donors (Lipinski definition) is 0. The molecule has 0 aromatic heterocycles. The van der Waals surface area contributed by atoms with Crippen LogP contribution in [0.2, 0.25) is 0 Å². The molecule has 0 N–H and O–H groups in total. The average molecular weight is 300 g/mol. The van der Waals surface area contributed by atoms with Crippen LogP contribution in [-0.2, 0) is 10.2 Å². The van der Waals surface area contributed by atoms with Crippen LogP contribution >= 0.6 is 0 Å². The lowest BCUT2D eigenvalue weighted by atomic mass is 9.63. The number of ether oxygens (including phenoxy) is 3. The second kappa shape index (κ2) is 6.17. The number of allylic oxidation sites excluding steroid dienone is 3. The first kappa shape index (κ1) is 15.2. The molecule has 0 fully saturated rings. The fourth-order valence-corrected chi connectivity index (χ4v) is 3.79. The molecule has 1 aliphatic carbocycles. The van der Waals surface area contributed by atoms with Crippen molar-refractivity contribution in [1.29, 1.82) is 0 Å². The first-order chi connectivity index (χ1) is 10.7. The molecular weight excluding hydrogens is 276 g/mol. The maximum absolute atomic E-state index is 6.10. The lowest BCUT2D eigenvalue weighted by molar-refractivity contribution is -0.104. The first-order valence-corrected chi connectivity index (χ1v) is 8.01. The van der Waals surface area contributed by atoms with E-state index in [1.165, 1.54) is 5.56 Å². The van der Waals surface area contributed by atoms with Crippen molar-refractivity contribution in [3.63, 3.8) is 0 Å². The molecule has 1 spiro atoms. The van der Waals surface area contributed by atoms with E-state index < -0.39 is 0 Å². The number of hydrogen-bond acceptors (Lipinski definition) is 3. The summed E-state index contributed by atoms with van der Waals surface area (Å²) < 4.78 is 17.4. The molecule has 22 heavy (non-hydrogen) atoms. The van der Waals surface area contributed by atoms with Crippen LogP contribution in [0.25, 0.3) is 0 Å². The largest absolute Gasteiger partial charge is 0.493 e. The number of methoxy groups -OCH3 is 1. The molecule has 3 nitrogen and oxygen atoms in total. The summed E-state index contributed by atoms with van der Waals surface area (Å²) in [5, 5.41) is 0. The van der Waals surface area contributed by atoms with Crippen LogP contribution in [0.3, 0.4) is 0 Å². The quantitative estimate of drug-likeness (QED) is 0.779. The predicted molar refractivity (Wildman–Crippen MR) is 87.4 cm³/mol. The molecule has 1 aromatic rings. The van der Waals surface area contributed by atoms with Gasteiger partial charge in [0.25, 0.3) is 0 Å². The number of fused-ring (bicyclic) bond motifs is 2. The first-order valence-electron chi connectivity index (χ1n) is 8.01. The van der Waals surface area contributed by atoms with Gasteiger partial charge in [0.1, 0.15) is 0 Å². The third kappa shape index (κ3) is 2.34. The topological polar surface area (TPSA) is 27.7 Å². The Morgan fingerprint density at radius 1 is 1.45 bits per heavy atom. The molecule has 0 saturated carbocycles. The molecule has 1 heterocycles. The van der Waals surface area contributed by atoms with Crippen LogP contribution < -0.4 is 9.47 Å². The van der Waals surface area contributed by atoms with Gasteiger partial charge in [0, 0.05) is 24.0 Å². The van der Waals surface area contributed by atoms with Crippen molar-refractivity contribution < 1.29 is 14.2 Å². The molecule has 1 aliphatic heterocycles. The normalized spacial score (nSPS) is 29.7. The zero-order chi connectivity index (χ0) is 15.6. The number of rotatable bonds is 4. The van der Waals surface area contributed by atoms with Gasteiger partial charge in [-0.15, -0.1) is 6.58 Å². The van der Waals surface area contributed by atoms with E-state index in [2.05, 4.69) is 30.9 Å². The second-order valence-corrected chi connectivity index (χ2v) is 5.91. The standard InChI is InChI=1S/C19H24O3/c1-4-14-9-6-7-12-19(14)13-17(21-5-2)22-18-15(19)10-8-11-16(18)20-3/h4,7-8,10-12,14,17H,1,5-6,9,13H2,2-3H3/t14-,17-,19-/m1/s1. The highest BCUT2D eigenvalue weighted by atomic mass is 16.7. The lowest BCUT2D eigenvalue weighted by Gasteiger charge is -2.46. The Labute approximate surface area is 132 Å². The molecule has 0 bridgehead atoms. The molecular formula is C19H24O3. The van der Waals surface area contributed by atoms with E-state index in [4.69, 9.17) is 14.2 Å². The van der Waals surface area contributed by atoms with E-state index in [9.17, 15) is 0 Å². The van der Waals surface area contributed by atoms with Gasteiger partial charge in [-0.25, -0.2) is 0 Å². The summed E-state index contributed by atoms with van der Waals surface area (Å²) >= 11 is 0. The second-order valence-electron chi connectivity index (χ2n) is 5.91. The van der Waals surface area contributed by atoms with E-state index in [0.29, 0.717) is 12.5 Å². The van der Waals surface area contributed by atoms with E-state index in [1.807, 2.05) is 19.1 Å². The smallest absolute Gasteiger partial charge is 0.201 e. The van der Waals surface area contributed by atoms with Crippen molar-refractivity contribution in [3.05, 3.63) is 48.6 Å². The van der Waals surface area contributed by atoms with E-state index in [0.717, 1.165) is 30.8 Å². The van der Waals surface area contributed by atoms with Crippen LogP contribution in [0.1, 0.15) is 31.7 Å². The van der Waals surface area contributed by atoms with Gasteiger partial charge < -0.3 is 14.2 Å². The highest BCUT2D eigenvalue weighted by Gasteiger charge is 2.46. The maximum Gasteiger partial charge on any atom is 0.201 e. The van der Waals surface area contributed by atoms with Gasteiger partial charge in [-0.1, -0.05) is 30.4 Å². The molecule has 0 unspecified atom stereocenters. The Bertz CT molecular complexity index is 578. The van der Waals surface area contributed by atoms with Crippen LogP contribution in [0.5, 0.6) is 11.5 Å². The van der Waals surface area contributed by atoms with E-state index in [1.54, 1.807) is 7.11 Å². The molecule has 3 rings (SSSR count). The summed E-state index contributed by atoms with van der Waals surface area (Å²) in [6.45, 7) is 6.70. The minimum absolute atomic E-state index is 0.109. The summed E-state index contributed by atoms with van der Waals surface area (Å²) in [5.74, 6) is 1.96. The van der Waals surface area contributed by atoms with E-state index in [-0.39, 0.29) is 11.7 Å². The molecule has 0 saturated heterocycles. The average Bonchev–Trinajstić information content (AvgIpc) is 2.55. The summed E-state index contributed by atoms with van der Waals surface area (Å²) in [4.78, 5) is 0. The zero-order valence-corrected chi connectivity index (χ0v) is 13.4. The van der Waals surface area contributed by atoms with Crippen LogP contribution in [0, 0.1) is 5.92 Å². The van der Waals surface area contributed by atoms with Gasteiger partial charge in [0.2, 0.25) is 6.29 Å². The predicted octanol–water partition coefficient (Wildman–Crippen LogP) is 4.23. The molecule has 118 valence electrons. The molecule has 3 atom stereocenters. The number of para-hydroxylation sites is 1. The van der Waals surface area contributed by atoms with Crippen LogP contribution in [0.15, 0.2) is 43.0 Å². The minimum Gasteiger partial charge on any atom is -0.493 e. The Morgan fingerprint density at radius 2 is 2.32 bits per heavy atom. The highest BCUT2D eigenvalue weighted by Crippen LogP contribution is 2.53. The van der Waals surface area contributed by atoms with Crippen LogP contribution in [0.4, 0.5) is 0 Å². The van der Waals surface area contributed by atoms with Gasteiger partial charge in [0.05, 0.1) is 7.11 Å². The summed E-state index contributed by atoms with van der Waals surface area (Å²) in [6.07, 6.45) is 9.45. The molecule has 0 amide bonds. The van der Waals surface area contributed by atoms with Crippen molar-refractivity contribution >= 4 is 0 Å². The van der Waals surface area contributed by atoms with Crippen molar-refractivity contribution in [1.82, 2.24) is 0 Å². The Kier molecular flexibility index (Phi) is 4.25. The van der Waals surface area contributed by atoms with E-state index >= 15 is 0 Å². The zero-order valence-electron chi connectivity index (χ0n) is 13.4. The SMILES string of the molecule is C=C[C@@H]1CCC=C[C@@]12C[C@H](OCC)Oc1c(OC)cccc12. The van der Waals surface area contributed by atoms with Crippen molar-refractivity contribution in [3.8, 4) is 11.5 Å². The van der Waals surface area contributed by atoms with Crippen LogP contribution in [-0.4, -0.2) is 20.0 Å². The van der Waals surface area contributed by atoms with Crippen molar-refractivity contribution in [2.75, 3.05) is 13.7 Å². The Morgan fingerprint density at radius 3 is 3.05 bits per heavy atom. The van der Waals surface area contributed by atoms with Gasteiger partial charge in [-0.05, 0) is 31.7 Å². The monoisotopic (exact) mass is 300 g/mol. The molecule has 2 aliphatic rings. The fraction of sp³-hybridized carbons (Fsp3) is 0.474.